The summed E-state index contributed by atoms with van der Waals surface area (Å²) in [4.78, 5) is 82.9. The molecule has 3 fully saturated rings. The molecule has 0 saturated heterocycles. The number of anilines is 6. The second-order valence-corrected chi connectivity index (χ2v) is 27.5. The molecule has 0 atom stereocenters. The number of nitrogens with one attached hydrogen (secondary N) is 3. The fourth-order valence-electron chi connectivity index (χ4n) is 12.1. The molecule has 0 radical (unpaired) electrons. The molecule has 3 saturated carbocycles. The van der Waals surface area contributed by atoms with Gasteiger partial charge in [0.05, 0.1) is 80.3 Å². The minimum atomic E-state index is -5.46. The van der Waals surface area contributed by atoms with Crippen molar-refractivity contribution in [1.82, 2.24) is 16.0 Å². The standard InChI is InChI=1S/C71H81Cl3N6O15S.H2O/c72-56-28-34-62(35-29-56)78(59-10-4-1-5-11-59)68(84)93-43-53-22-16-50(17-23-53)40-90-46-65(81)75-49-71(96(87,88)89,76-66(82)47-91-41-51-18-24-54(25-19-51)44-94-69(85)79(60-12-6-2-7-13-60)63-36-30-57(73)31-37-63)77-67(83)48-92-42-52-20-26-55(27-21-52)45-95-70(86)80(61-14-8-3-9-15-61)64-38-32-58(74)33-39-64;/h1-15,28-39,50-55H,16-27,40-49H2,(H,75,81)(H,76,82)(H,77,83)(H,87,88,89);1H2. The molecule has 0 bridgehead atoms. The third-order valence-corrected chi connectivity index (χ3v) is 19.5. The highest BCUT2D eigenvalue weighted by atomic mass is 35.5. The Morgan fingerprint density at radius 1 is 0.381 bits per heavy atom. The van der Waals surface area contributed by atoms with Gasteiger partial charge in [-0.05, 0) is 222 Å². The predicted molar refractivity (Wildman–Crippen MR) is 370 cm³/mol. The summed E-state index contributed by atoms with van der Waals surface area (Å²) in [6, 6.07) is 48.0. The van der Waals surface area contributed by atoms with Crippen LogP contribution in [0.3, 0.4) is 0 Å². The van der Waals surface area contributed by atoms with Gasteiger partial charge >= 0.3 is 28.4 Å². The Morgan fingerprint density at radius 2 is 0.619 bits per heavy atom. The number of hydrogen-bond acceptors (Lipinski definition) is 14. The van der Waals surface area contributed by atoms with Crippen LogP contribution in [0.5, 0.6) is 0 Å². The Balaban J connectivity index is 0.0000120. The maximum atomic E-state index is 13.7. The van der Waals surface area contributed by atoms with Crippen molar-refractivity contribution in [2.45, 2.75) is 82.0 Å². The minimum absolute atomic E-state index is 0. The fraction of sp³-hybridized carbons (Fsp3) is 0.408. The number of benzene rings is 6. The van der Waals surface area contributed by atoms with Crippen LogP contribution < -0.4 is 30.7 Å². The average Bonchev–Trinajstić information content (AvgIpc) is 0.814. The van der Waals surface area contributed by atoms with Crippen molar-refractivity contribution in [2.75, 3.05) is 80.7 Å². The van der Waals surface area contributed by atoms with E-state index in [1.165, 1.54) is 14.7 Å². The van der Waals surface area contributed by atoms with E-state index in [0.29, 0.717) is 101 Å². The van der Waals surface area contributed by atoms with Gasteiger partial charge in [-0.1, -0.05) is 89.4 Å². The van der Waals surface area contributed by atoms with Gasteiger partial charge < -0.3 is 49.8 Å². The van der Waals surface area contributed by atoms with E-state index in [1.807, 2.05) is 66.7 Å². The number of ether oxygens (including phenoxy) is 6. The lowest BCUT2D eigenvalue weighted by Crippen LogP contribution is -2.70. The summed E-state index contributed by atoms with van der Waals surface area (Å²) in [6.45, 7) is -1.91. The topological polar surface area (TPSA) is 289 Å². The lowest BCUT2D eigenvalue weighted by atomic mass is 9.83. The first-order chi connectivity index (χ1) is 46.4. The molecule has 0 spiro atoms. The van der Waals surface area contributed by atoms with Gasteiger partial charge in [-0.3, -0.25) is 18.9 Å². The molecule has 26 heteroatoms. The highest BCUT2D eigenvalue weighted by molar-refractivity contribution is 7.87. The smallest absolute Gasteiger partial charge is 0.418 e. The number of carbonyl (C=O) groups is 6. The van der Waals surface area contributed by atoms with Crippen LogP contribution in [0.2, 0.25) is 15.1 Å². The zero-order valence-electron chi connectivity index (χ0n) is 53.7. The lowest BCUT2D eigenvalue weighted by Gasteiger charge is -2.33. The zero-order chi connectivity index (χ0) is 67.9. The van der Waals surface area contributed by atoms with E-state index in [9.17, 15) is 41.7 Å². The van der Waals surface area contributed by atoms with Crippen LogP contribution in [0, 0.1) is 35.5 Å². The van der Waals surface area contributed by atoms with E-state index in [4.69, 9.17) is 63.2 Å². The van der Waals surface area contributed by atoms with Crippen molar-refractivity contribution in [2.24, 2.45) is 35.5 Å². The SMILES string of the molecule is O.O=C(COCC1CCC(COC(=O)N(c2ccccc2)c2ccc(Cl)cc2)CC1)NCC(NC(=O)COCC1CCC(COC(=O)N(c2ccccc2)c2ccc(Cl)cc2)CC1)(NC(=O)COCC1CCC(COC(=O)N(c2ccccc2)c2ccc(Cl)cc2)CC1)S(=O)(=O)O. The van der Waals surface area contributed by atoms with Crippen LogP contribution in [0.25, 0.3) is 0 Å². The van der Waals surface area contributed by atoms with Crippen molar-refractivity contribution in [3.8, 4) is 0 Å². The molecule has 6 aromatic rings. The van der Waals surface area contributed by atoms with Crippen LogP contribution in [-0.4, -0.2) is 125 Å². The Morgan fingerprint density at radius 3 is 0.876 bits per heavy atom. The van der Waals surface area contributed by atoms with Crippen molar-refractivity contribution in [3.63, 3.8) is 0 Å². The third kappa shape index (κ3) is 22.6. The van der Waals surface area contributed by atoms with Gasteiger partial charge in [0.2, 0.25) is 17.7 Å². The number of carbonyl (C=O) groups excluding carboxylic acids is 6. The van der Waals surface area contributed by atoms with Crippen LogP contribution in [0.15, 0.2) is 164 Å². The molecule has 0 unspecified atom stereocenters. The molecule has 6 amide bonds. The number of halogens is 3. The quantitative estimate of drug-likeness (QED) is 0.0193. The highest BCUT2D eigenvalue weighted by Crippen LogP contribution is 2.36. The Hall–Kier alpha value is -7.84. The molecule has 6 N–H and O–H groups in total. The largest absolute Gasteiger partial charge is 0.449 e. The molecule has 3 aliphatic rings. The van der Waals surface area contributed by atoms with E-state index in [-0.39, 0.29) is 80.6 Å². The Bertz CT molecular complexity index is 3440. The molecular weight excluding hydrogens is 1330 g/mol. The number of rotatable bonds is 29. The van der Waals surface area contributed by atoms with Gasteiger partial charge in [-0.25, -0.2) is 29.1 Å². The van der Waals surface area contributed by atoms with Crippen LogP contribution >= 0.6 is 34.8 Å². The Kier molecular flexibility index (Phi) is 28.7. The van der Waals surface area contributed by atoms with Crippen molar-refractivity contribution in [1.29, 1.82) is 0 Å². The maximum absolute atomic E-state index is 13.7. The second kappa shape index (κ2) is 37.2. The van der Waals surface area contributed by atoms with Gasteiger partial charge in [-0.15, -0.1) is 0 Å². The van der Waals surface area contributed by atoms with Gasteiger partial charge in [0.15, 0.2) is 0 Å². The molecule has 97 heavy (non-hydrogen) atoms. The van der Waals surface area contributed by atoms with Crippen LogP contribution in [0.4, 0.5) is 48.5 Å². The highest BCUT2D eigenvalue weighted by Gasteiger charge is 2.47. The minimum Gasteiger partial charge on any atom is -0.449 e. The number of hydrogen-bond donors (Lipinski definition) is 4. The van der Waals surface area contributed by atoms with Crippen LogP contribution in [0.1, 0.15) is 77.0 Å². The fourth-order valence-corrected chi connectivity index (χ4v) is 13.2. The summed E-state index contributed by atoms with van der Waals surface area (Å²) < 4.78 is 72.8. The molecule has 520 valence electrons. The average molecular weight is 1410 g/mol. The first kappa shape index (κ1) is 74.9. The Labute approximate surface area is 580 Å². The summed E-state index contributed by atoms with van der Waals surface area (Å²) in [5.41, 5.74) is 3.68. The summed E-state index contributed by atoms with van der Waals surface area (Å²) in [5, 5.41) is 8.44. The molecule has 6 aromatic carbocycles. The second-order valence-electron chi connectivity index (χ2n) is 24.6. The van der Waals surface area contributed by atoms with E-state index < -0.39 is 77.5 Å². The first-order valence-corrected chi connectivity index (χ1v) is 34.9. The van der Waals surface area contributed by atoms with Gasteiger partial charge in [0.1, 0.15) is 19.8 Å². The van der Waals surface area contributed by atoms with E-state index in [2.05, 4.69) is 16.0 Å². The molecule has 9 rings (SSSR count). The third-order valence-electron chi connectivity index (χ3n) is 17.5. The van der Waals surface area contributed by atoms with Crippen molar-refractivity contribution in [3.05, 3.63) is 179 Å². The van der Waals surface area contributed by atoms with Crippen molar-refractivity contribution >= 4 is 115 Å². The molecule has 0 aliphatic heterocycles. The summed E-state index contributed by atoms with van der Waals surface area (Å²) >= 11 is 18.4. The van der Waals surface area contributed by atoms with E-state index in [1.54, 1.807) is 97.1 Å². The molecule has 0 heterocycles. The van der Waals surface area contributed by atoms with E-state index in [0.717, 1.165) is 25.7 Å². The van der Waals surface area contributed by atoms with Gasteiger partial charge in [-0.2, -0.15) is 8.42 Å². The zero-order valence-corrected chi connectivity index (χ0v) is 56.7. The predicted octanol–water partition coefficient (Wildman–Crippen LogP) is 13.4. The van der Waals surface area contributed by atoms with Crippen LogP contribution in [-0.2, 0) is 52.9 Å². The summed E-state index contributed by atoms with van der Waals surface area (Å²) in [6.07, 6.45) is 6.80. The molecule has 0 aromatic heterocycles. The first-order valence-electron chi connectivity index (χ1n) is 32.3. The van der Waals surface area contributed by atoms with Crippen molar-refractivity contribution < 1.29 is 75.6 Å². The lowest BCUT2D eigenvalue weighted by molar-refractivity contribution is -0.132. The maximum Gasteiger partial charge on any atom is 0.418 e. The number of para-hydroxylation sites is 3. The normalized spacial score (nSPS) is 19.1. The van der Waals surface area contributed by atoms with Gasteiger partial charge in [0, 0.05) is 15.1 Å². The molecular formula is C71H83Cl3N6O16S. The molecule has 22 nitrogen and oxygen atoms in total. The number of amides is 6. The molecule has 3 aliphatic carbocycles. The number of nitrogens with zero attached hydrogens (tertiary/aromatic N) is 3. The van der Waals surface area contributed by atoms with Gasteiger partial charge in [0.25, 0.3) is 4.99 Å². The van der Waals surface area contributed by atoms with E-state index >= 15 is 0 Å². The summed E-state index contributed by atoms with van der Waals surface area (Å²) in [5.74, 6) is -2.58. The summed E-state index contributed by atoms with van der Waals surface area (Å²) in [7, 11) is -5.46. The monoisotopic (exact) mass is 1410 g/mol.